The summed E-state index contributed by atoms with van der Waals surface area (Å²) in [6.45, 7) is 0. The second-order valence-electron chi connectivity index (χ2n) is 2.69. The first-order valence-electron chi connectivity index (χ1n) is 3.96. The Kier molecular flexibility index (Phi) is 1.98. The van der Waals surface area contributed by atoms with Crippen LogP contribution in [0.5, 0.6) is 0 Å². The van der Waals surface area contributed by atoms with Crippen LogP contribution < -0.4 is 0 Å². The average Bonchev–Trinajstić information content (AvgIpc) is 2.71. The maximum atomic E-state index is 10.6. The van der Waals surface area contributed by atoms with Gasteiger partial charge in [-0.25, -0.2) is 14.8 Å². The van der Waals surface area contributed by atoms with Gasteiger partial charge < -0.3 is 10.1 Å². The predicted octanol–water partition coefficient (Wildman–Crippen LogP) is 1.17. The van der Waals surface area contributed by atoms with Gasteiger partial charge in [0.05, 0.1) is 5.69 Å². The highest BCUT2D eigenvalue weighted by molar-refractivity contribution is 5.86. The van der Waals surface area contributed by atoms with Gasteiger partial charge in [0.25, 0.3) is 0 Å². The molecule has 0 saturated carbocycles. The van der Waals surface area contributed by atoms with E-state index in [1.54, 1.807) is 12.4 Å². The number of rotatable bonds is 2. The highest BCUT2D eigenvalue weighted by atomic mass is 16.4. The number of aromatic carboxylic acids is 1. The van der Waals surface area contributed by atoms with E-state index in [0.717, 1.165) is 5.56 Å². The summed E-state index contributed by atoms with van der Waals surface area (Å²) in [5, 5.41) is 8.71. The second kappa shape index (κ2) is 3.29. The van der Waals surface area contributed by atoms with Gasteiger partial charge in [-0.1, -0.05) is 0 Å². The molecule has 0 radical (unpaired) electrons. The van der Waals surface area contributed by atoms with E-state index < -0.39 is 5.97 Å². The number of hydrogen-bond acceptors (Lipinski definition) is 3. The third kappa shape index (κ3) is 1.47. The van der Waals surface area contributed by atoms with Crippen LogP contribution in [0.2, 0.25) is 0 Å². The minimum atomic E-state index is -1.05. The van der Waals surface area contributed by atoms with Crippen LogP contribution in [0.1, 0.15) is 10.5 Å². The molecule has 0 fully saturated rings. The molecule has 2 aromatic heterocycles. The lowest BCUT2D eigenvalue weighted by atomic mass is 10.2. The van der Waals surface area contributed by atoms with Crippen molar-refractivity contribution in [2.45, 2.75) is 0 Å². The zero-order valence-corrected chi connectivity index (χ0v) is 7.14. The number of nitrogens with zero attached hydrogens (tertiary/aromatic N) is 2. The summed E-state index contributed by atoms with van der Waals surface area (Å²) in [7, 11) is 0. The van der Waals surface area contributed by atoms with Crippen molar-refractivity contribution in [3.05, 3.63) is 36.5 Å². The van der Waals surface area contributed by atoms with Crippen molar-refractivity contribution in [3.8, 4) is 11.3 Å². The molecule has 5 heteroatoms. The Morgan fingerprint density at radius 3 is 2.93 bits per heavy atom. The molecule has 0 unspecified atom stereocenters. The number of carboxylic acids is 1. The summed E-state index contributed by atoms with van der Waals surface area (Å²) in [4.78, 5) is 21.1. The summed E-state index contributed by atoms with van der Waals surface area (Å²) < 4.78 is 0. The van der Waals surface area contributed by atoms with Crippen LogP contribution in [-0.4, -0.2) is 26.0 Å². The minimum absolute atomic E-state index is 0.00352. The highest BCUT2D eigenvalue weighted by Crippen LogP contribution is 2.15. The lowest BCUT2D eigenvalue weighted by Gasteiger charge is -1.97. The summed E-state index contributed by atoms with van der Waals surface area (Å²) in [6, 6.07) is 3.25. The zero-order valence-electron chi connectivity index (χ0n) is 7.14. The Bertz CT molecular complexity index is 451. The summed E-state index contributed by atoms with van der Waals surface area (Å²) in [5.41, 5.74) is 1.43. The third-order valence-corrected chi connectivity index (χ3v) is 1.78. The molecule has 0 saturated heterocycles. The van der Waals surface area contributed by atoms with Gasteiger partial charge in [0.2, 0.25) is 0 Å². The lowest BCUT2D eigenvalue weighted by Crippen LogP contribution is -2.00. The Morgan fingerprint density at radius 1 is 1.43 bits per heavy atom. The molecule has 0 aromatic carbocycles. The molecule has 2 aromatic rings. The molecule has 0 bridgehead atoms. The molecule has 0 aliphatic rings. The number of aromatic nitrogens is 3. The van der Waals surface area contributed by atoms with E-state index >= 15 is 0 Å². The number of nitrogens with one attached hydrogen (secondary N) is 1. The Labute approximate surface area is 79.5 Å². The van der Waals surface area contributed by atoms with E-state index in [9.17, 15) is 4.79 Å². The quantitative estimate of drug-likeness (QED) is 0.743. The van der Waals surface area contributed by atoms with Crippen LogP contribution in [0, 0.1) is 0 Å². The van der Waals surface area contributed by atoms with E-state index in [0.29, 0.717) is 5.69 Å². The maximum absolute atomic E-state index is 10.6. The first kappa shape index (κ1) is 8.43. The van der Waals surface area contributed by atoms with E-state index in [1.807, 2.05) is 6.07 Å². The van der Waals surface area contributed by atoms with Gasteiger partial charge in [-0.2, -0.15) is 0 Å². The fourth-order valence-corrected chi connectivity index (χ4v) is 1.12. The summed E-state index contributed by atoms with van der Waals surface area (Å²) in [6.07, 6.45) is 4.73. The molecule has 0 atom stereocenters. The Hall–Kier alpha value is -2.17. The van der Waals surface area contributed by atoms with Crippen molar-refractivity contribution in [2.75, 3.05) is 0 Å². The second-order valence-corrected chi connectivity index (χ2v) is 2.69. The predicted molar refractivity (Wildman–Crippen MR) is 48.8 cm³/mol. The molecule has 2 heterocycles. The number of aromatic amines is 1. The minimum Gasteiger partial charge on any atom is -0.477 e. The first-order chi connectivity index (χ1) is 6.77. The monoisotopic (exact) mass is 189 g/mol. The molecule has 0 aliphatic heterocycles. The topological polar surface area (TPSA) is 78.9 Å². The van der Waals surface area contributed by atoms with Crippen LogP contribution in [0.15, 0.2) is 30.9 Å². The summed E-state index contributed by atoms with van der Waals surface area (Å²) in [5.74, 6) is -1.05. The van der Waals surface area contributed by atoms with Crippen LogP contribution in [0.4, 0.5) is 0 Å². The van der Waals surface area contributed by atoms with Gasteiger partial charge in [0, 0.05) is 18.0 Å². The van der Waals surface area contributed by atoms with Crippen molar-refractivity contribution in [1.82, 2.24) is 15.0 Å². The van der Waals surface area contributed by atoms with Crippen molar-refractivity contribution < 1.29 is 9.90 Å². The first-order valence-corrected chi connectivity index (χ1v) is 3.96. The summed E-state index contributed by atoms with van der Waals surface area (Å²) >= 11 is 0. The number of H-pyrrole nitrogens is 1. The largest absolute Gasteiger partial charge is 0.477 e. The number of hydrogen-bond donors (Lipinski definition) is 2. The standard InChI is InChI=1S/C9H7N3O2/c13-9(14)8-3-7(11-5-12-8)6-1-2-10-4-6/h1-5,10H,(H,13,14). The van der Waals surface area contributed by atoms with E-state index in [2.05, 4.69) is 15.0 Å². The van der Waals surface area contributed by atoms with E-state index in [-0.39, 0.29) is 5.69 Å². The van der Waals surface area contributed by atoms with Crippen molar-refractivity contribution in [3.63, 3.8) is 0 Å². The molecular formula is C9H7N3O2. The number of carboxylic acid groups (broad SMARTS) is 1. The molecule has 2 N–H and O–H groups in total. The fraction of sp³-hybridized carbons (Fsp3) is 0. The SMILES string of the molecule is O=C(O)c1cc(-c2cc[nH]c2)ncn1. The smallest absolute Gasteiger partial charge is 0.354 e. The van der Waals surface area contributed by atoms with Gasteiger partial charge in [0.1, 0.15) is 6.33 Å². The molecule has 2 rings (SSSR count). The molecule has 5 nitrogen and oxygen atoms in total. The highest BCUT2D eigenvalue weighted by Gasteiger charge is 2.07. The Balaban J connectivity index is 2.46. The molecule has 14 heavy (non-hydrogen) atoms. The normalized spacial score (nSPS) is 10.0. The van der Waals surface area contributed by atoms with E-state index in [1.165, 1.54) is 12.4 Å². The van der Waals surface area contributed by atoms with E-state index in [4.69, 9.17) is 5.11 Å². The van der Waals surface area contributed by atoms with Crippen molar-refractivity contribution >= 4 is 5.97 Å². The van der Waals surface area contributed by atoms with Crippen LogP contribution >= 0.6 is 0 Å². The lowest BCUT2D eigenvalue weighted by molar-refractivity contribution is 0.0690. The van der Waals surface area contributed by atoms with Crippen molar-refractivity contribution in [2.24, 2.45) is 0 Å². The number of carbonyl (C=O) groups is 1. The molecular weight excluding hydrogens is 182 g/mol. The van der Waals surface area contributed by atoms with Gasteiger partial charge >= 0.3 is 5.97 Å². The fourth-order valence-electron chi connectivity index (χ4n) is 1.12. The van der Waals surface area contributed by atoms with Crippen LogP contribution in [0.3, 0.4) is 0 Å². The molecule has 0 aliphatic carbocycles. The van der Waals surface area contributed by atoms with Gasteiger partial charge in [0.15, 0.2) is 5.69 Å². The molecule has 0 amide bonds. The van der Waals surface area contributed by atoms with Crippen LogP contribution in [0.25, 0.3) is 11.3 Å². The van der Waals surface area contributed by atoms with Crippen molar-refractivity contribution in [1.29, 1.82) is 0 Å². The third-order valence-electron chi connectivity index (χ3n) is 1.78. The van der Waals surface area contributed by atoms with Gasteiger partial charge in [-0.3, -0.25) is 0 Å². The average molecular weight is 189 g/mol. The zero-order chi connectivity index (χ0) is 9.97. The van der Waals surface area contributed by atoms with Crippen LogP contribution in [-0.2, 0) is 0 Å². The van der Waals surface area contributed by atoms with Gasteiger partial charge in [-0.15, -0.1) is 0 Å². The van der Waals surface area contributed by atoms with Gasteiger partial charge in [-0.05, 0) is 12.1 Å². The molecule has 70 valence electrons. The molecule has 0 spiro atoms. The Morgan fingerprint density at radius 2 is 2.29 bits per heavy atom. The maximum Gasteiger partial charge on any atom is 0.354 e.